The van der Waals surface area contributed by atoms with Crippen LogP contribution in [0.3, 0.4) is 0 Å². The second-order valence-corrected chi connectivity index (χ2v) is 5.93. The molecule has 4 atom stereocenters. The first kappa shape index (κ1) is 21.9. The first-order valence-corrected chi connectivity index (χ1v) is 8.71. The number of carbonyl (C=O) groups is 1. The Morgan fingerprint density at radius 2 is 1.87 bits per heavy atom. The normalized spacial score (nSPS) is 28.3. The summed E-state index contributed by atoms with van der Waals surface area (Å²) in [6.45, 7) is 8.30. The summed E-state index contributed by atoms with van der Waals surface area (Å²) < 4.78 is 11.4. The fourth-order valence-corrected chi connectivity index (χ4v) is 2.87. The van der Waals surface area contributed by atoms with Crippen LogP contribution in [0.5, 0.6) is 0 Å². The van der Waals surface area contributed by atoms with Gasteiger partial charge in [-0.15, -0.1) is 0 Å². The van der Waals surface area contributed by atoms with Crippen molar-refractivity contribution >= 4 is 6.09 Å². The molecule has 1 heterocycles. The number of nitrogens with one attached hydrogen (secondary N) is 1. The van der Waals surface area contributed by atoms with Gasteiger partial charge in [0, 0.05) is 20.1 Å². The minimum atomic E-state index is -0.995. The molecule has 1 amide bonds. The van der Waals surface area contributed by atoms with E-state index in [0.717, 1.165) is 6.42 Å². The van der Waals surface area contributed by atoms with Crippen molar-refractivity contribution < 1.29 is 19.4 Å². The molecule has 1 aliphatic heterocycles. The first-order chi connectivity index (χ1) is 11.0. The van der Waals surface area contributed by atoms with Gasteiger partial charge in [-0.05, 0) is 33.1 Å². The van der Waals surface area contributed by atoms with Gasteiger partial charge in [0.1, 0.15) is 0 Å². The molecule has 1 aliphatic carbocycles. The average molecular weight is 329 g/mol. The molecule has 0 aromatic rings. The molecule has 0 radical (unpaired) electrons. The SMILES string of the molecule is CC.CNC(=O)O.COC1CCCCC1C1O[C@@H]1CC=C(C)C. The second kappa shape index (κ2) is 12.4. The predicted octanol–water partition coefficient (Wildman–Crippen LogP) is 4.23. The summed E-state index contributed by atoms with van der Waals surface area (Å²) in [6, 6.07) is 0. The van der Waals surface area contributed by atoms with Crippen LogP contribution in [0.25, 0.3) is 0 Å². The fraction of sp³-hybridized carbons (Fsp3) is 0.833. The van der Waals surface area contributed by atoms with Gasteiger partial charge in [-0.2, -0.15) is 0 Å². The molecule has 0 aromatic heterocycles. The molecule has 3 unspecified atom stereocenters. The Balaban J connectivity index is 0.000000594. The third-order valence-electron chi connectivity index (χ3n) is 4.07. The monoisotopic (exact) mass is 329 g/mol. The largest absolute Gasteiger partial charge is 0.465 e. The van der Waals surface area contributed by atoms with E-state index in [-0.39, 0.29) is 0 Å². The summed E-state index contributed by atoms with van der Waals surface area (Å²) >= 11 is 0. The summed E-state index contributed by atoms with van der Waals surface area (Å²) in [5, 5.41) is 9.56. The molecule has 23 heavy (non-hydrogen) atoms. The molecule has 2 aliphatic rings. The summed E-state index contributed by atoms with van der Waals surface area (Å²) in [7, 11) is 3.19. The third-order valence-corrected chi connectivity index (χ3v) is 4.07. The van der Waals surface area contributed by atoms with Crippen molar-refractivity contribution in [3.8, 4) is 0 Å². The number of methoxy groups -OCH3 is 1. The van der Waals surface area contributed by atoms with Crippen LogP contribution in [-0.4, -0.2) is 43.7 Å². The van der Waals surface area contributed by atoms with Crippen LogP contribution in [0, 0.1) is 5.92 Å². The van der Waals surface area contributed by atoms with Gasteiger partial charge in [0.2, 0.25) is 0 Å². The summed E-state index contributed by atoms with van der Waals surface area (Å²) in [6.07, 6.45) is 8.93. The van der Waals surface area contributed by atoms with E-state index in [9.17, 15) is 4.79 Å². The molecule has 0 bridgehead atoms. The van der Waals surface area contributed by atoms with Crippen molar-refractivity contribution in [2.24, 2.45) is 5.92 Å². The molecule has 2 rings (SSSR count). The van der Waals surface area contributed by atoms with Crippen molar-refractivity contribution in [1.29, 1.82) is 0 Å². The van der Waals surface area contributed by atoms with E-state index in [2.05, 4.69) is 19.9 Å². The van der Waals surface area contributed by atoms with Gasteiger partial charge in [0.05, 0.1) is 18.3 Å². The highest BCUT2D eigenvalue weighted by Gasteiger charge is 2.47. The summed E-state index contributed by atoms with van der Waals surface area (Å²) in [5.41, 5.74) is 1.39. The number of allylic oxidation sites excluding steroid dienone is 1. The minimum absolute atomic E-state index is 0.440. The van der Waals surface area contributed by atoms with Gasteiger partial charge in [-0.3, -0.25) is 0 Å². The molecule has 5 heteroatoms. The summed E-state index contributed by atoms with van der Waals surface area (Å²) in [5.74, 6) is 0.648. The number of amides is 1. The molecule has 0 spiro atoms. The lowest BCUT2D eigenvalue weighted by Gasteiger charge is -2.29. The van der Waals surface area contributed by atoms with Crippen LogP contribution in [-0.2, 0) is 9.47 Å². The topological polar surface area (TPSA) is 71.1 Å². The zero-order valence-electron chi connectivity index (χ0n) is 15.6. The molecule has 5 nitrogen and oxygen atoms in total. The Morgan fingerprint density at radius 1 is 1.30 bits per heavy atom. The van der Waals surface area contributed by atoms with Crippen molar-refractivity contribution in [3.05, 3.63) is 11.6 Å². The maximum absolute atomic E-state index is 9.26. The Bertz CT molecular complexity index is 353. The number of rotatable bonds is 4. The maximum atomic E-state index is 9.26. The van der Waals surface area contributed by atoms with E-state index in [1.54, 1.807) is 0 Å². The van der Waals surface area contributed by atoms with Gasteiger partial charge in [0.25, 0.3) is 0 Å². The molecular formula is C18H35NO4. The number of hydrogen-bond acceptors (Lipinski definition) is 3. The standard InChI is InChI=1S/C14H24O2.C2H5NO2.C2H6/c1-10(2)8-9-13-14(16-13)11-6-4-5-7-12(11)15-3;1-3-2(4)5;1-2/h8,11-14H,4-7,9H2,1-3H3;3H,1H3,(H,4,5);1-2H3/t11?,12?,13-,14?;;/m1../s1. The zero-order chi connectivity index (χ0) is 17.8. The van der Waals surface area contributed by atoms with Crippen molar-refractivity contribution in [2.45, 2.75) is 78.1 Å². The highest BCUT2D eigenvalue weighted by atomic mass is 16.6. The number of hydrogen-bond donors (Lipinski definition) is 2. The molecule has 0 aromatic carbocycles. The molecule has 2 fully saturated rings. The second-order valence-electron chi connectivity index (χ2n) is 5.93. The lowest BCUT2D eigenvalue weighted by Crippen LogP contribution is -2.31. The van der Waals surface area contributed by atoms with E-state index in [0.29, 0.717) is 24.2 Å². The average Bonchev–Trinajstić information content (AvgIpc) is 3.34. The Hall–Kier alpha value is -1.07. The van der Waals surface area contributed by atoms with Crippen LogP contribution >= 0.6 is 0 Å². The molecule has 1 saturated carbocycles. The lowest BCUT2D eigenvalue weighted by atomic mass is 9.83. The number of ether oxygens (including phenoxy) is 2. The quantitative estimate of drug-likeness (QED) is 0.598. The van der Waals surface area contributed by atoms with E-state index in [1.165, 1.54) is 38.3 Å². The Morgan fingerprint density at radius 3 is 2.35 bits per heavy atom. The van der Waals surface area contributed by atoms with Gasteiger partial charge >= 0.3 is 6.09 Å². The van der Waals surface area contributed by atoms with Crippen LogP contribution in [0.4, 0.5) is 4.79 Å². The van der Waals surface area contributed by atoms with Gasteiger partial charge in [0.15, 0.2) is 0 Å². The van der Waals surface area contributed by atoms with E-state index >= 15 is 0 Å². The van der Waals surface area contributed by atoms with Crippen molar-refractivity contribution in [2.75, 3.05) is 14.2 Å². The third kappa shape index (κ3) is 8.96. The van der Waals surface area contributed by atoms with Crippen LogP contribution in [0.2, 0.25) is 0 Å². The predicted molar refractivity (Wildman–Crippen MR) is 93.9 cm³/mol. The molecule has 2 N–H and O–H groups in total. The number of epoxide rings is 1. The fourth-order valence-electron chi connectivity index (χ4n) is 2.87. The zero-order valence-corrected chi connectivity index (χ0v) is 15.6. The van der Waals surface area contributed by atoms with Gasteiger partial charge in [-0.1, -0.05) is 38.3 Å². The van der Waals surface area contributed by atoms with Gasteiger partial charge < -0.3 is 19.9 Å². The van der Waals surface area contributed by atoms with E-state index in [4.69, 9.17) is 14.6 Å². The smallest absolute Gasteiger partial charge is 0.404 e. The van der Waals surface area contributed by atoms with Crippen LogP contribution < -0.4 is 5.32 Å². The maximum Gasteiger partial charge on any atom is 0.404 e. The lowest BCUT2D eigenvalue weighted by molar-refractivity contribution is 0.0125. The van der Waals surface area contributed by atoms with E-state index in [1.807, 2.05) is 26.3 Å². The Labute approximate surface area is 141 Å². The van der Waals surface area contributed by atoms with E-state index < -0.39 is 6.09 Å². The molecular weight excluding hydrogens is 294 g/mol. The Kier molecular flexibility index (Phi) is 11.8. The first-order valence-electron chi connectivity index (χ1n) is 8.71. The van der Waals surface area contributed by atoms with Crippen molar-refractivity contribution in [1.82, 2.24) is 5.32 Å². The van der Waals surface area contributed by atoms with Crippen LogP contribution in [0.15, 0.2) is 11.6 Å². The highest BCUT2D eigenvalue weighted by molar-refractivity contribution is 5.63. The molecule has 1 saturated heterocycles. The van der Waals surface area contributed by atoms with Crippen molar-refractivity contribution in [3.63, 3.8) is 0 Å². The minimum Gasteiger partial charge on any atom is -0.465 e. The van der Waals surface area contributed by atoms with Crippen LogP contribution in [0.1, 0.15) is 59.8 Å². The molecule has 136 valence electrons. The highest BCUT2D eigenvalue weighted by Crippen LogP contribution is 2.41. The number of carboxylic acid groups (broad SMARTS) is 1. The van der Waals surface area contributed by atoms with Gasteiger partial charge in [-0.25, -0.2) is 4.79 Å². The summed E-state index contributed by atoms with van der Waals surface area (Å²) in [4.78, 5) is 9.26.